The van der Waals surface area contributed by atoms with Crippen LogP contribution in [0.5, 0.6) is 0 Å². The molecule has 1 rings (SSSR count). The van der Waals surface area contributed by atoms with Gasteiger partial charge in [0.05, 0.1) is 12.1 Å². The fourth-order valence-electron chi connectivity index (χ4n) is 1.49. The molecule has 0 saturated carbocycles. The van der Waals surface area contributed by atoms with Gasteiger partial charge >= 0.3 is 0 Å². The van der Waals surface area contributed by atoms with Crippen molar-refractivity contribution >= 4 is 11.4 Å². The number of rotatable bonds is 3. The molecule has 1 aromatic carbocycles. The smallest absolute Gasteiger partial charge is 0.0658 e. The van der Waals surface area contributed by atoms with Gasteiger partial charge in [-0.3, -0.25) is 0 Å². The van der Waals surface area contributed by atoms with E-state index in [9.17, 15) is 5.11 Å². The molecule has 0 amide bonds. The van der Waals surface area contributed by atoms with E-state index in [1.807, 2.05) is 46.0 Å². The topological polar surface area (TPSA) is 49.5 Å². The van der Waals surface area contributed by atoms with E-state index in [1.165, 1.54) is 0 Å². The third-order valence-corrected chi connectivity index (χ3v) is 2.88. The molecule has 0 heterocycles. The van der Waals surface area contributed by atoms with Gasteiger partial charge < -0.3 is 15.7 Å². The van der Waals surface area contributed by atoms with Crippen LogP contribution in [0.25, 0.3) is 0 Å². The first-order valence-electron chi connectivity index (χ1n) is 5.09. The van der Waals surface area contributed by atoms with Crippen LogP contribution in [0.4, 0.5) is 11.4 Å². The predicted molar refractivity (Wildman–Crippen MR) is 65.2 cm³/mol. The molecule has 0 aliphatic heterocycles. The highest BCUT2D eigenvalue weighted by molar-refractivity contribution is 5.59. The van der Waals surface area contributed by atoms with Gasteiger partial charge in [-0.1, -0.05) is 0 Å². The van der Waals surface area contributed by atoms with Crippen LogP contribution in [0.1, 0.15) is 19.4 Å². The maximum Gasteiger partial charge on any atom is 0.0658 e. The van der Waals surface area contributed by atoms with Gasteiger partial charge in [0.25, 0.3) is 0 Å². The summed E-state index contributed by atoms with van der Waals surface area (Å²) >= 11 is 0. The molecule has 3 N–H and O–H groups in total. The molecular formula is C12H20N2O. The van der Waals surface area contributed by atoms with Crippen LogP contribution in [0.2, 0.25) is 0 Å². The van der Waals surface area contributed by atoms with Crippen LogP contribution in [0.3, 0.4) is 0 Å². The highest BCUT2D eigenvalue weighted by Gasteiger charge is 2.23. The Labute approximate surface area is 91.5 Å². The molecule has 3 heteroatoms. The van der Waals surface area contributed by atoms with E-state index >= 15 is 0 Å². The summed E-state index contributed by atoms with van der Waals surface area (Å²) in [5.41, 5.74) is 8.43. The van der Waals surface area contributed by atoms with Gasteiger partial charge in [0, 0.05) is 18.4 Å². The SMILES string of the molecule is Cc1cc(N)ccc1N(C)C(C)(C)CO. The molecule has 0 fully saturated rings. The monoisotopic (exact) mass is 208 g/mol. The lowest BCUT2D eigenvalue weighted by molar-refractivity contribution is 0.216. The van der Waals surface area contributed by atoms with Crippen molar-refractivity contribution in [3.63, 3.8) is 0 Å². The van der Waals surface area contributed by atoms with E-state index in [-0.39, 0.29) is 12.1 Å². The zero-order valence-corrected chi connectivity index (χ0v) is 9.91. The van der Waals surface area contributed by atoms with Crippen molar-refractivity contribution in [3.05, 3.63) is 23.8 Å². The van der Waals surface area contributed by atoms with Crippen molar-refractivity contribution in [2.75, 3.05) is 24.3 Å². The van der Waals surface area contributed by atoms with Crippen molar-refractivity contribution in [2.45, 2.75) is 26.3 Å². The first-order valence-corrected chi connectivity index (χ1v) is 5.09. The number of nitrogens with zero attached hydrogens (tertiary/aromatic N) is 1. The van der Waals surface area contributed by atoms with Crippen LogP contribution >= 0.6 is 0 Å². The standard InChI is InChI=1S/C12H20N2O/c1-9-7-10(13)5-6-11(9)14(4)12(2,3)8-15/h5-7,15H,8,13H2,1-4H3. The van der Waals surface area contributed by atoms with Crippen LogP contribution in [0, 0.1) is 6.92 Å². The highest BCUT2D eigenvalue weighted by Crippen LogP contribution is 2.26. The van der Waals surface area contributed by atoms with Crippen LogP contribution in [-0.2, 0) is 0 Å². The summed E-state index contributed by atoms with van der Waals surface area (Å²) in [6.07, 6.45) is 0. The average Bonchev–Trinajstić information content (AvgIpc) is 2.17. The zero-order valence-electron chi connectivity index (χ0n) is 9.91. The summed E-state index contributed by atoms with van der Waals surface area (Å²) in [4.78, 5) is 2.07. The molecule has 0 atom stereocenters. The van der Waals surface area contributed by atoms with Gasteiger partial charge in [0.15, 0.2) is 0 Å². The van der Waals surface area contributed by atoms with E-state index in [2.05, 4.69) is 4.90 Å². The number of aliphatic hydroxyl groups is 1. The fraction of sp³-hybridized carbons (Fsp3) is 0.500. The van der Waals surface area contributed by atoms with Gasteiger partial charge in [0.2, 0.25) is 0 Å². The maximum atomic E-state index is 9.30. The molecule has 0 spiro atoms. The Kier molecular flexibility index (Phi) is 3.25. The molecule has 0 aliphatic carbocycles. The van der Waals surface area contributed by atoms with Gasteiger partial charge in [-0.25, -0.2) is 0 Å². The van der Waals surface area contributed by atoms with E-state index in [0.29, 0.717) is 0 Å². The molecule has 0 unspecified atom stereocenters. The summed E-state index contributed by atoms with van der Waals surface area (Å²) in [7, 11) is 1.98. The number of nitrogen functional groups attached to an aromatic ring is 1. The molecule has 0 aliphatic rings. The molecule has 84 valence electrons. The molecule has 15 heavy (non-hydrogen) atoms. The Bertz CT molecular complexity index is 347. The number of benzene rings is 1. The second-order valence-corrected chi connectivity index (χ2v) is 4.58. The number of aliphatic hydroxyl groups excluding tert-OH is 1. The molecule has 1 aromatic rings. The second kappa shape index (κ2) is 4.11. The molecule has 0 saturated heterocycles. The Balaban J connectivity index is 3.06. The van der Waals surface area contributed by atoms with Crippen molar-refractivity contribution in [3.8, 4) is 0 Å². The number of nitrogens with two attached hydrogens (primary N) is 1. The fourth-order valence-corrected chi connectivity index (χ4v) is 1.49. The van der Waals surface area contributed by atoms with Gasteiger partial charge in [-0.15, -0.1) is 0 Å². The lowest BCUT2D eigenvalue weighted by atomic mass is 10.0. The van der Waals surface area contributed by atoms with Crippen molar-refractivity contribution in [1.82, 2.24) is 0 Å². The largest absolute Gasteiger partial charge is 0.399 e. The third kappa shape index (κ3) is 2.42. The number of hydrogen-bond acceptors (Lipinski definition) is 3. The van der Waals surface area contributed by atoms with Crippen LogP contribution < -0.4 is 10.6 Å². The quantitative estimate of drug-likeness (QED) is 0.744. The van der Waals surface area contributed by atoms with Crippen molar-refractivity contribution in [2.24, 2.45) is 0 Å². The Morgan fingerprint density at radius 3 is 2.47 bits per heavy atom. The third-order valence-electron chi connectivity index (χ3n) is 2.88. The van der Waals surface area contributed by atoms with E-state index in [1.54, 1.807) is 0 Å². The minimum Gasteiger partial charge on any atom is -0.399 e. The number of anilines is 2. The molecule has 0 bridgehead atoms. The Hall–Kier alpha value is -1.22. The minimum atomic E-state index is -0.263. The number of hydrogen-bond donors (Lipinski definition) is 2. The van der Waals surface area contributed by atoms with Crippen LogP contribution in [-0.4, -0.2) is 24.3 Å². The predicted octanol–water partition coefficient (Wildman–Crippen LogP) is 1.78. The van der Waals surface area contributed by atoms with Gasteiger partial charge in [-0.2, -0.15) is 0 Å². The van der Waals surface area contributed by atoms with E-state index in [4.69, 9.17) is 5.73 Å². The normalized spacial score (nSPS) is 11.5. The summed E-state index contributed by atoms with van der Waals surface area (Å²) in [6.45, 7) is 6.15. The second-order valence-electron chi connectivity index (χ2n) is 4.58. The molecular weight excluding hydrogens is 188 g/mol. The summed E-state index contributed by atoms with van der Waals surface area (Å²) in [5, 5.41) is 9.30. The van der Waals surface area contributed by atoms with Crippen LogP contribution in [0.15, 0.2) is 18.2 Å². The Morgan fingerprint density at radius 2 is 2.00 bits per heavy atom. The molecule has 3 nitrogen and oxygen atoms in total. The Morgan fingerprint density at radius 1 is 1.40 bits per heavy atom. The summed E-state index contributed by atoms with van der Waals surface area (Å²) < 4.78 is 0. The minimum absolute atomic E-state index is 0.118. The number of likely N-dealkylation sites (N-methyl/N-ethyl adjacent to an activating group) is 1. The van der Waals surface area contributed by atoms with E-state index < -0.39 is 0 Å². The first kappa shape index (κ1) is 11.9. The van der Waals surface area contributed by atoms with Crippen molar-refractivity contribution in [1.29, 1.82) is 0 Å². The number of aryl methyl sites for hydroxylation is 1. The van der Waals surface area contributed by atoms with Gasteiger partial charge in [0.1, 0.15) is 0 Å². The first-order chi connectivity index (χ1) is 6.88. The van der Waals surface area contributed by atoms with E-state index in [0.717, 1.165) is 16.9 Å². The summed E-state index contributed by atoms with van der Waals surface area (Å²) in [6, 6.07) is 5.81. The lowest BCUT2D eigenvalue weighted by Gasteiger charge is -2.36. The summed E-state index contributed by atoms with van der Waals surface area (Å²) in [5.74, 6) is 0. The zero-order chi connectivity index (χ0) is 11.6. The maximum absolute atomic E-state index is 9.30. The lowest BCUT2D eigenvalue weighted by Crippen LogP contribution is -2.44. The van der Waals surface area contributed by atoms with Gasteiger partial charge in [-0.05, 0) is 44.5 Å². The average molecular weight is 208 g/mol. The molecule has 0 aromatic heterocycles. The molecule has 0 radical (unpaired) electrons. The highest BCUT2D eigenvalue weighted by atomic mass is 16.3. The van der Waals surface area contributed by atoms with Crippen molar-refractivity contribution < 1.29 is 5.11 Å².